The van der Waals surface area contributed by atoms with Crippen molar-refractivity contribution in [3.05, 3.63) is 77.9 Å². The van der Waals surface area contributed by atoms with Crippen LogP contribution in [0.1, 0.15) is 11.1 Å². The maximum Gasteiger partial charge on any atom is 0.263 e. The molecule has 0 aliphatic heterocycles. The molecule has 3 aromatic carbocycles. The van der Waals surface area contributed by atoms with E-state index in [1.807, 2.05) is 49.4 Å². The van der Waals surface area contributed by atoms with Crippen LogP contribution in [0, 0.1) is 6.92 Å². The predicted octanol–water partition coefficient (Wildman–Crippen LogP) is 4.41. The number of aromatic nitrogens is 2. The van der Waals surface area contributed by atoms with E-state index in [1.54, 1.807) is 38.5 Å². The van der Waals surface area contributed by atoms with E-state index >= 15 is 0 Å². The third-order valence-corrected chi connectivity index (χ3v) is 6.59. The quantitative estimate of drug-likeness (QED) is 0.367. The van der Waals surface area contributed by atoms with Gasteiger partial charge in [-0.1, -0.05) is 30.3 Å². The van der Waals surface area contributed by atoms with Gasteiger partial charge in [-0.3, -0.25) is 4.72 Å². The molecule has 4 rings (SSSR count). The van der Waals surface area contributed by atoms with E-state index in [9.17, 15) is 8.42 Å². The number of hydrogen-bond donors (Lipinski definition) is 2. The molecular formula is C25H26N4O4S. The van der Waals surface area contributed by atoms with Crippen molar-refractivity contribution in [3.63, 3.8) is 0 Å². The Hall–Kier alpha value is -3.85. The summed E-state index contributed by atoms with van der Waals surface area (Å²) >= 11 is 0. The number of fused-ring (bicyclic) bond motifs is 1. The normalized spacial score (nSPS) is 11.3. The van der Waals surface area contributed by atoms with E-state index in [2.05, 4.69) is 20.0 Å². The van der Waals surface area contributed by atoms with Gasteiger partial charge in [-0.05, 0) is 60.9 Å². The average molecular weight is 479 g/mol. The number of methoxy groups -OCH3 is 2. The van der Waals surface area contributed by atoms with Gasteiger partial charge in [0.25, 0.3) is 10.0 Å². The lowest BCUT2D eigenvalue weighted by Gasteiger charge is -2.14. The maximum absolute atomic E-state index is 13.0. The number of rotatable bonds is 9. The van der Waals surface area contributed by atoms with Crippen molar-refractivity contribution < 1.29 is 17.9 Å². The predicted molar refractivity (Wildman–Crippen MR) is 133 cm³/mol. The third-order valence-electron chi connectivity index (χ3n) is 5.26. The summed E-state index contributed by atoms with van der Waals surface area (Å²) in [6.45, 7) is 2.34. The largest absolute Gasteiger partial charge is 0.493 e. The summed E-state index contributed by atoms with van der Waals surface area (Å²) in [5, 5.41) is 3.23. The molecule has 4 aromatic rings. The highest BCUT2D eigenvalue weighted by molar-refractivity contribution is 7.92. The first-order chi connectivity index (χ1) is 16.4. The monoisotopic (exact) mass is 478 g/mol. The molecular weight excluding hydrogens is 452 g/mol. The first kappa shape index (κ1) is 23.3. The molecule has 9 heteroatoms. The summed E-state index contributed by atoms with van der Waals surface area (Å²) in [7, 11) is -0.655. The number of aryl methyl sites for hydroxylation is 1. The highest BCUT2D eigenvalue weighted by Crippen LogP contribution is 2.28. The van der Waals surface area contributed by atoms with Crippen molar-refractivity contribution in [2.24, 2.45) is 0 Å². The van der Waals surface area contributed by atoms with Crippen LogP contribution < -0.4 is 19.5 Å². The van der Waals surface area contributed by atoms with E-state index < -0.39 is 10.0 Å². The lowest BCUT2D eigenvalue weighted by molar-refractivity contribution is 0.354. The van der Waals surface area contributed by atoms with Gasteiger partial charge < -0.3 is 14.8 Å². The third kappa shape index (κ3) is 5.20. The van der Waals surface area contributed by atoms with Crippen molar-refractivity contribution >= 4 is 32.7 Å². The van der Waals surface area contributed by atoms with Crippen molar-refractivity contribution in [2.45, 2.75) is 18.2 Å². The SMILES string of the molecule is COc1ccc(CCNc2nc3ccccc3nc2NS(=O)(=O)c2cccc(C)c2)cc1OC. The van der Waals surface area contributed by atoms with Crippen LogP contribution in [0.25, 0.3) is 11.0 Å². The number of para-hydroxylation sites is 2. The summed E-state index contributed by atoms with van der Waals surface area (Å²) in [6, 6.07) is 19.8. The molecule has 0 fully saturated rings. The fourth-order valence-electron chi connectivity index (χ4n) is 3.52. The topological polar surface area (TPSA) is 102 Å². The molecule has 0 unspecified atom stereocenters. The number of ether oxygens (including phenoxy) is 2. The zero-order chi connectivity index (χ0) is 24.1. The maximum atomic E-state index is 13.0. The van der Waals surface area contributed by atoms with Crippen LogP contribution >= 0.6 is 0 Å². The second-order valence-electron chi connectivity index (χ2n) is 7.70. The molecule has 0 bridgehead atoms. The van der Waals surface area contributed by atoms with Crippen LogP contribution in [0.4, 0.5) is 11.6 Å². The number of nitrogens with zero attached hydrogens (tertiary/aromatic N) is 2. The van der Waals surface area contributed by atoms with Crippen LogP contribution in [-0.2, 0) is 16.4 Å². The van der Waals surface area contributed by atoms with Gasteiger partial charge in [0.2, 0.25) is 0 Å². The van der Waals surface area contributed by atoms with E-state index in [0.29, 0.717) is 41.3 Å². The number of sulfonamides is 1. The smallest absolute Gasteiger partial charge is 0.263 e. The van der Waals surface area contributed by atoms with Crippen molar-refractivity contribution in [1.29, 1.82) is 0 Å². The van der Waals surface area contributed by atoms with Gasteiger partial charge in [0.1, 0.15) is 0 Å². The Morgan fingerprint density at radius 1 is 0.824 bits per heavy atom. The molecule has 0 saturated carbocycles. The van der Waals surface area contributed by atoms with Gasteiger partial charge in [-0.15, -0.1) is 0 Å². The molecule has 0 spiro atoms. The minimum Gasteiger partial charge on any atom is -0.493 e. The zero-order valence-corrected chi connectivity index (χ0v) is 20.0. The van der Waals surface area contributed by atoms with E-state index in [-0.39, 0.29) is 10.7 Å². The van der Waals surface area contributed by atoms with Crippen LogP contribution in [0.15, 0.2) is 71.6 Å². The number of hydrogen-bond acceptors (Lipinski definition) is 7. The molecule has 1 heterocycles. The lowest BCUT2D eigenvalue weighted by Crippen LogP contribution is -2.17. The van der Waals surface area contributed by atoms with Crippen LogP contribution in [-0.4, -0.2) is 39.2 Å². The van der Waals surface area contributed by atoms with Gasteiger partial charge in [-0.25, -0.2) is 18.4 Å². The van der Waals surface area contributed by atoms with Gasteiger partial charge in [-0.2, -0.15) is 0 Å². The Balaban J connectivity index is 1.60. The van der Waals surface area contributed by atoms with Gasteiger partial charge in [0.05, 0.1) is 30.1 Å². The Labute approximate surface area is 199 Å². The Morgan fingerprint density at radius 2 is 1.53 bits per heavy atom. The van der Waals surface area contributed by atoms with Crippen LogP contribution in [0.3, 0.4) is 0 Å². The van der Waals surface area contributed by atoms with Crippen molar-refractivity contribution in [2.75, 3.05) is 30.8 Å². The van der Waals surface area contributed by atoms with Gasteiger partial charge in [0, 0.05) is 6.54 Å². The molecule has 176 valence electrons. The van der Waals surface area contributed by atoms with Crippen LogP contribution in [0.5, 0.6) is 11.5 Å². The van der Waals surface area contributed by atoms with Crippen molar-refractivity contribution in [3.8, 4) is 11.5 Å². The van der Waals surface area contributed by atoms with Gasteiger partial charge in [0.15, 0.2) is 23.1 Å². The highest BCUT2D eigenvalue weighted by atomic mass is 32.2. The molecule has 0 aliphatic carbocycles. The molecule has 0 aliphatic rings. The Kier molecular flexibility index (Phi) is 6.83. The van der Waals surface area contributed by atoms with Crippen molar-refractivity contribution in [1.82, 2.24) is 9.97 Å². The lowest BCUT2D eigenvalue weighted by atomic mass is 10.1. The Bertz CT molecular complexity index is 1420. The molecule has 2 N–H and O–H groups in total. The zero-order valence-electron chi connectivity index (χ0n) is 19.2. The molecule has 1 aromatic heterocycles. The number of nitrogens with one attached hydrogen (secondary N) is 2. The molecule has 0 saturated heterocycles. The molecule has 0 radical (unpaired) electrons. The first-order valence-corrected chi connectivity index (χ1v) is 12.2. The fourth-order valence-corrected chi connectivity index (χ4v) is 4.64. The summed E-state index contributed by atoms with van der Waals surface area (Å²) < 4.78 is 39.3. The number of benzene rings is 3. The summed E-state index contributed by atoms with van der Waals surface area (Å²) in [5.41, 5.74) is 3.13. The average Bonchev–Trinajstić information content (AvgIpc) is 2.84. The second-order valence-corrected chi connectivity index (χ2v) is 9.38. The minimum absolute atomic E-state index is 0.146. The number of anilines is 2. The summed E-state index contributed by atoms with van der Waals surface area (Å²) in [5.74, 6) is 1.81. The molecule has 0 atom stereocenters. The van der Waals surface area contributed by atoms with E-state index in [0.717, 1.165) is 11.1 Å². The summed E-state index contributed by atoms with van der Waals surface area (Å²) in [6.07, 6.45) is 0.652. The van der Waals surface area contributed by atoms with Crippen LogP contribution in [0.2, 0.25) is 0 Å². The highest BCUT2D eigenvalue weighted by Gasteiger charge is 2.19. The minimum atomic E-state index is -3.84. The standard InChI is InChI=1S/C25H26N4O4S/c1-17-7-6-8-19(15-17)34(30,31)29-25-24(27-20-9-4-5-10-21(20)28-25)26-14-13-18-11-12-22(32-2)23(16-18)33-3/h4-12,15-16H,13-14H2,1-3H3,(H,26,27)(H,28,29). The first-order valence-electron chi connectivity index (χ1n) is 10.7. The molecule has 34 heavy (non-hydrogen) atoms. The second kappa shape index (κ2) is 9.96. The van der Waals surface area contributed by atoms with Gasteiger partial charge >= 0.3 is 0 Å². The fraction of sp³-hybridized carbons (Fsp3) is 0.200. The van der Waals surface area contributed by atoms with E-state index in [1.165, 1.54) is 0 Å². The molecule has 8 nitrogen and oxygen atoms in total. The van der Waals surface area contributed by atoms with E-state index in [4.69, 9.17) is 9.47 Å². The molecule has 0 amide bonds. The Morgan fingerprint density at radius 3 is 2.21 bits per heavy atom. The summed E-state index contributed by atoms with van der Waals surface area (Å²) in [4.78, 5) is 9.32.